The van der Waals surface area contributed by atoms with E-state index in [9.17, 15) is 0 Å². The van der Waals surface area contributed by atoms with E-state index in [4.69, 9.17) is 16.3 Å². The van der Waals surface area contributed by atoms with E-state index in [1.165, 1.54) is 11.5 Å². The van der Waals surface area contributed by atoms with Gasteiger partial charge in [-0.1, -0.05) is 11.6 Å². The van der Waals surface area contributed by atoms with Gasteiger partial charge in [0.15, 0.2) is 0 Å². The molecule has 3 aromatic heterocycles. The van der Waals surface area contributed by atoms with Gasteiger partial charge in [0.25, 0.3) is 0 Å². The lowest BCUT2D eigenvalue weighted by Gasteiger charge is -2.22. The molecule has 3 aromatic rings. The van der Waals surface area contributed by atoms with Crippen molar-refractivity contribution in [1.82, 2.24) is 24.1 Å². The molecule has 0 aliphatic carbocycles. The Labute approximate surface area is 154 Å². The Kier molecular flexibility index (Phi) is 4.65. The standard InChI is InChI=1S/C16H17ClN6OS/c1-10-6-14(25-22-10)20-16-18-8-13(17)15(21-16)11-7-19-23(9-11)12-2-4-24-5-3-12/h6-9,12H,2-5H2,1H3,(H,18,20,21). The number of nitrogens with one attached hydrogen (secondary N) is 1. The fraction of sp³-hybridized carbons (Fsp3) is 0.375. The highest BCUT2D eigenvalue weighted by Crippen LogP contribution is 2.29. The maximum absolute atomic E-state index is 6.31. The van der Waals surface area contributed by atoms with Gasteiger partial charge >= 0.3 is 0 Å². The molecule has 0 saturated carbocycles. The molecule has 0 atom stereocenters. The van der Waals surface area contributed by atoms with Crippen molar-refractivity contribution >= 4 is 34.1 Å². The molecule has 7 nitrogen and oxygen atoms in total. The molecule has 0 unspecified atom stereocenters. The molecule has 25 heavy (non-hydrogen) atoms. The van der Waals surface area contributed by atoms with E-state index in [1.54, 1.807) is 12.4 Å². The lowest BCUT2D eigenvalue weighted by Crippen LogP contribution is -2.19. The molecule has 0 aromatic carbocycles. The monoisotopic (exact) mass is 376 g/mol. The predicted molar refractivity (Wildman–Crippen MR) is 97.5 cm³/mol. The highest BCUT2D eigenvalue weighted by atomic mass is 35.5. The summed E-state index contributed by atoms with van der Waals surface area (Å²) >= 11 is 7.68. The third-order valence-corrected chi connectivity index (χ3v) is 5.12. The van der Waals surface area contributed by atoms with Gasteiger partial charge in [-0.05, 0) is 37.4 Å². The van der Waals surface area contributed by atoms with Gasteiger partial charge in [0, 0.05) is 25.0 Å². The van der Waals surface area contributed by atoms with Gasteiger partial charge in [-0.15, -0.1) is 0 Å². The number of nitrogens with zero attached hydrogens (tertiary/aromatic N) is 5. The number of rotatable bonds is 4. The van der Waals surface area contributed by atoms with Gasteiger partial charge in [-0.25, -0.2) is 9.97 Å². The lowest BCUT2D eigenvalue weighted by atomic mass is 10.1. The fourth-order valence-corrected chi connectivity index (χ4v) is 3.63. The Balaban J connectivity index is 1.59. The Hall–Kier alpha value is -2.03. The first-order chi connectivity index (χ1) is 12.2. The summed E-state index contributed by atoms with van der Waals surface area (Å²) in [6.07, 6.45) is 7.33. The van der Waals surface area contributed by atoms with Crippen LogP contribution in [0.25, 0.3) is 11.3 Å². The molecule has 0 spiro atoms. The zero-order valence-electron chi connectivity index (χ0n) is 13.6. The topological polar surface area (TPSA) is 77.8 Å². The summed E-state index contributed by atoms with van der Waals surface area (Å²) in [6, 6.07) is 2.31. The van der Waals surface area contributed by atoms with Crippen molar-refractivity contribution in [2.24, 2.45) is 0 Å². The molecular formula is C16H17ClN6OS. The third-order valence-electron chi connectivity index (χ3n) is 4.05. The number of halogens is 1. The molecule has 0 bridgehead atoms. The second-order valence-corrected chi connectivity index (χ2v) is 7.11. The van der Waals surface area contributed by atoms with E-state index < -0.39 is 0 Å². The Bertz CT molecular complexity index is 873. The zero-order chi connectivity index (χ0) is 17.2. The van der Waals surface area contributed by atoms with Crippen molar-refractivity contribution in [3.8, 4) is 11.3 Å². The SMILES string of the molecule is Cc1cc(Nc2ncc(Cl)c(-c3cnn(C4CCOCC4)c3)n2)sn1. The molecule has 1 fully saturated rings. The summed E-state index contributed by atoms with van der Waals surface area (Å²) in [4.78, 5) is 8.80. The van der Waals surface area contributed by atoms with Crippen LogP contribution >= 0.6 is 23.1 Å². The van der Waals surface area contributed by atoms with Gasteiger partial charge in [0.05, 0.1) is 34.8 Å². The summed E-state index contributed by atoms with van der Waals surface area (Å²) in [5, 5.41) is 9.04. The number of ether oxygens (including phenoxy) is 1. The number of aromatic nitrogens is 5. The number of aryl methyl sites for hydroxylation is 1. The number of hydrogen-bond donors (Lipinski definition) is 1. The van der Waals surface area contributed by atoms with Crippen LogP contribution in [0.2, 0.25) is 5.02 Å². The highest BCUT2D eigenvalue weighted by Gasteiger charge is 2.18. The van der Waals surface area contributed by atoms with Crippen molar-refractivity contribution in [2.75, 3.05) is 18.5 Å². The summed E-state index contributed by atoms with van der Waals surface area (Å²) in [5.41, 5.74) is 2.50. The van der Waals surface area contributed by atoms with Crippen LogP contribution in [-0.2, 0) is 4.74 Å². The van der Waals surface area contributed by atoms with Crippen molar-refractivity contribution in [3.05, 3.63) is 35.4 Å². The molecule has 130 valence electrons. The first kappa shape index (κ1) is 16.4. The third kappa shape index (κ3) is 3.65. The van der Waals surface area contributed by atoms with Crippen molar-refractivity contribution in [3.63, 3.8) is 0 Å². The van der Waals surface area contributed by atoms with Gasteiger partial charge in [0.1, 0.15) is 5.00 Å². The van der Waals surface area contributed by atoms with Gasteiger partial charge < -0.3 is 10.1 Å². The van der Waals surface area contributed by atoms with Crippen molar-refractivity contribution < 1.29 is 4.74 Å². The van der Waals surface area contributed by atoms with Crippen LogP contribution in [0, 0.1) is 6.92 Å². The average molecular weight is 377 g/mol. The minimum atomic E-state index is 0.362. The Morgan fingerprint density at radius 3 is 2.92 bits per heavy atom. The number of anilines is 2. The average Bonchev–Trinajstić information content (AvgIpc) is 3.27. The van der Waals surface area contributed by atoms with Crippen LogP contribution in [0.1, 0.15) is 24.6 Å². The maximum atomic E-state index is 6.31. The van der Waals surface area contributed by atoms with Crippen molar-refractivity contribution in [1.29, 1.82) is 0 Å². The molecule has 4 rings (SSSR count). The molecule has 0 amide bonds. The van der Waals surface area contributed by atoms with Crippen LogP contribution in [0.15, 0.2) is 24.7 Å². The minimum absolute atomic E-state index is 0.362. The van der Waals surface area contributed by atoms with Gasteiger partial charge in [-0.2, -0.15) is 9.47 Å². The molecule has 9 heteroatoms. The maximum Gasteiger partial charge on any atom is 0.228 e. The Morgan fingerprint density at radius 2 is 2.16 bits per heavy atom. The van der Waals surface area contributed by atoms with Crippen LogP contribution in [0.4, 0.5) is 10.9 Å². The largest absolute Gasteiger partial charge is 0.381 e. The fourth-order valence-electron chi connectivity index (χ4n) is 2.77. The molecule has 1 saturated heterocycles. The Morgan fingerprint density at radius 1 is 1.32 bits per heavy atom. The quantitative estimate of drug-likeness (QED) is 0.745. The number of hydrogen-bond acceptors (Lipinski definition) is 7. The van der Waals surface area contributed by atoms with E-state index in [1.807, 2.05) is 23.9 Å². The summed E-state index contributed by atoms with van der Waals surface area (Å²) in [7, 11) is 0. The first-order valence-corrected chi connectivity index (χ1v) is 9.19. The van der Waals surface area contributed by atoms with Crippen molar-refractivity contribution in [2.45, 2.75) is 25.8 Å². The van der Waals surface area contributed by atoms with E-state index >= 15 is 0 Å². The normalized spacial score (nSPS) is 15.4. The molecule has 1 aliphatic rings. The first-order valence-electron chi connectivity index (χ1n) is 8.04. The second kappa shape index (κ2) is 7.07. The smallest absolute Gasteiger partial charge is 0.228 e. The van der Waals surface area contributed by atoms with Crippen LogP contribution in [-0.4, -0.2) is 37.3 Å². The van der Waals surface area contributed by atoms with E-state index in [-0.39, 0.29) is 0 Å². The lowest BCUT2D eigenvalue weighted by molar-refractivity contribution is 0.0662. The summed E-state index contributed by atoms with van der Waals surface area (Å²) in [6.45, 7) is 3.49. The molecular weight excluding hydrogens is 360 g/mol. The molecule has 0 radical (unpaired) electrons. The summed E-state index contributed by atoms with van der Waals surface area (Å²) < 4.78 is 11.6. The van der Waals surface area contributed by atoms with Crippen LogP contribution in [0.3, 0.4) is 0 Å². The summed E-state index contributed by atoms with van der Waals surface area (Å²) in [5.74, 6) is 0.488. The zero-order valence-corrected chi connectivity index (χ0v) is 15.2. The molecule has 4 heterocycles. The van der Waals surface area contributed by atoms with Crippen LogP contribution < -0.4 is 5.32 Å². The molecule has 1 aliphatic heterocycles. The van der Waals surface area contributed by atoms with E-state index in [0.717, 1.165) is 42.3 Å². The van der Waals surface area contributed by atoms with E-state index in [0.29, 0.717) is 22.7 Å². The predicted octanol–water partition coefficient (Wildman–Crippen LogP) is 3.85. The minimum Gasteiger partial charge on any atom is -0.381 e. The highest BCUT2D eigenvalue weighted by molar-refractivity contribution is 7.10. The van der Waals surface area contributed by atoms with Crippen LogP contribution in [0.5, 0.6) is 0 Å². The van der Waals surface area contributed by atoms with Gasteiger partial charge in [0.2, 0.25) is 5.95 Å². The van der Waals surface area contributed by atoms with E-state index in [2.05, 4.69) is 24.8 Å². The molecule has 1 N–H and O–H groups in total. The van der Waals surface area contributed by atoms with Gasteiger partial charge in [-0.3, -0.25) is 4.68 Å². The second-order valence-electron chi connectivity index (χ2n) is 5.90.